The lowest BCUT2D eigenvalue weighted by Crippen LogP contribution is -2.23. The molecule has 2 aromatic rings. The zero-order valence-corrected chi connectivity index (χ0v) is 15.5. The van der Waals surface area contributed by atoms with E-state index >= 15 is 0 Å². The van der Waals surface area contributed by atoms with Gasteiger partial charge in [-0.05, 0) is 54.1 Å². The molecular weight excluding hydrogens is 330 g/mol. The third-order valence-corrected chi connectivity index (χ3v) is 3.77. The summed E-state index contributed by atoms with van der Waals surface area (Å²) in [7, 11) is 1.65. The number of hydrazone groups is 1. The molecule has 0 aromatic heterocycles. The maximum atomic E-state index is 5.29. The lowest BCUT2D eigenvalue weighted by Gasteiger charge is -2.09. The Bertz CT molecular complexity index is 752. The molecule has 0 radical (unpaired) electrons. The van der Waals surface area contributed by atoms with Crippen LogP contribution in [0.25, 0.3) is 6.08 Å². The number of nitrogens with zero attached hydrogens (tertiary/aromatic N) is 1. The van der Waals surface area contributed by atoms with Crippen molar-refractivity contribution < 1.29 is 4.74 Å². The second-order valence-corrected chi connectivity index (χ2v) is 6.13. The van der Waals surface area contributed by atoms with Gasteiger partial charge in [0.15, 0.2) is 5.11 Å². The number of methoxy groups -OCH3 is 1. The van der Waals surface area contributed by atoms with Gasteiger partial charge < -0.3 is 10.1 Å². The second-order valence-electron chi connectivity index (χ2n) is 5.72. The van der Waals surface area contributed by atoms with Gasteiger partial charge in [0.25, 0.3) is 0 Å². The Morgan fingerprint density at radius 3 is 2.52 bits per heavy atom. The van der Waals surface area contributed by atoms with Crippen molar-refractivity contribution in [1.29, 1.82) is 0 Å². The molecule has 0 amide bonds. The maximum absolute atomic E-state index is 5.29. The smallest absolute Gasteiger partial charge is 0.191 e. The first-order chi connectivity index (χ1) is 12.1. The molecule has 0 unspecified atom stereocenters. The van der Waals surface area contributed by atoms with E-state index in [1.54, 1.807) is 13.3 Å². The number of ether oxygens (including phenoxy) is 1. The van der Waals surface area contributed by atoms with Crippen molar-refractivity contribution in [1.82, 2.24) is 5.43 Å². The van der Waals surface area contributed by atoms with Crippen molar-refractivity contribution in [3.05, 3.63) is 65.7 Å². The quantitative estimate of drug-likeness (QED) is 0.445. The number of rotatable bonds is 6. The maximum Gasteiger partial charge on any atom is 0.191 e. The van der Waals surface area contributed by atoms with Crippen molar-refractivity contribution in [2.45, 2.75) is 19.8 Å². The Labute approximate surface area is 154 Å². The standard InChI is InChI=1S/C20H23N3OS/c1-15(2)16-10-12-18(13-11-16)22-20(25)23-21-14-6-8-17-7-4-5-9-19(17)24-3/h4-15H,1-3H3,(H2,22,23,25)/b8-6+,21-14-. The van der Waals surface area contributed by atoms with Crippen LogP contribution in [0.15, 0.2) is 59.7 Å². The van der Waals surface area contributed by atoms with Crippen LogP contribution in [-0.2, 0) is 0 Å². The van der Waals surface area contributed by atoms with E-state index in [0.29, 0.717) is 11.0 Å². The highest BCUT2D eigenvalue weighted by Crippen LogP contribution is 2.18. The third kappa shape index (κ3) is 6.04. The zero-order chi connectivity index (χ0) is 18.1. The number of hydrogen-bond acceptors (Lipinski definition) is 3. The SMILES string of the molecule is COc1ccccc1/C=C/C=N\NC(=S)Nc1ccc(C(C)C)cc1. The summed E-state index contributed by atoms with van der Waals surface area (Å²) < 4.78 is 5.29. The number of hydrogen-bond donors (Lipinski definition) is 2. The number of anilines is 1. The van der Waals surface area contributed by atoms with Crippen LogP contribution in [-0.4, -0.2) is 18.4 Å². The first-order valence-corrected chi connectivity index (χ1v) is 8.50. The van der Waals surface area contributed by atoms with Gasteiger partial charge in [0.05, 0.1) is 7.11 Å². The molecule has 0 spiro atoms. The topological polar surface area (TPSA) is 45.6 Å². The van der Waals surface area contributed by atoms with Gasteiger partial charge in [-0.3, -0.25) is 5.43 Å². The molecule has 2 rings (SSSR count). The van der Waals surface area contributed by atoms with Crippen LogP contribution in [0.5, 0.6) is 5.75 Å². The first kappa shape index (κ1) is 18.7. The normalized spacial score (nSPS) is 11.2. The van der Waals surface area contributed by atoms with Crippen LogP contribution >= 0.6 is 12.2 Å². The van der Waals surface area contributed by atoms with Gasteiger partial charge in [0.2, 0.25) is 0 Å². The second kappa shape index (κ2) is 9.59. The van der Waals surface area contributed by atoms with E-state index in [4.69, 9.17) is 17.0 Å². The minimum atomic E-state index is 0.444. The fraction of sp³-hybridized carbons (Fsp3) is 0.200. The van der Waals surface area contributed by atoms with Crippen LogP contribution in [0.1, 0.15) is 30.9 Å². The lowest BCUT2D eigenvalue weighted by atomic mass is 10.0. The lowest BCUT2D eigenvalue weighted by molar-refractivity contribution is 0.414. The molecule has 0 bridgehead atoms. The first-order valence-electron chi connectivity index (χ1n) is 8.10. The highest BCUT2D eigenvalue weighted by Gasteiger charge is 2.00. The van der Waals surface area contributed by atoms with Crippen molar-refractivity contribution in [3.8, 4) is 5.75 Å². The molecular formula is C20H23N3OS. The summed E-state index contributed by atoms with van der Waals surface area (Å²) in [6.07, 6.45) is 5.39. The number of thiocarbonyl (C=S) groups is 1. The molecule has 0 saturated carbocycles. The summed E-state index contributed by atoms with van der Waals surface area (Å²) in [6.45, 7) is 4.34. The Hall–Kier alpha value is -2.66. The summed E-state index contributed by atoms with van der Waals surface area (Å²) in [4.78, 5) is 0. The van der Waals surface area contributed by atoms with Gasteiger partial charge in [0, 0.05) is 17.5 Å². The molecule has 25 heavy (non-hydrogen) atoms. The van der Waals surface area contributed by atoms with Crippen molar-refractivity contribution in [2.24, 2.45) is 5.10 Å². The van der Waals surface area contributed by atoms with E-state index in [0.717, 1.165) is 17.0 Å². The molecule has 0 saturated heterocycles. The molecule has 130 valence electrons. The highest BCUT2D eigenvalue weighted by atomic mass is 32.1. The minimum absolute atomic E-state index is 0.444. The van der Waals surface area contributed by atoms with E-state index in [9.17, 15) is 0 Å². The van der Waals surface area contributed by atoms with Crippen molar-refractivity contribution in [3.63, 3.8) is 0 Å². The molecule has 0 aliphatic heterocycles. The van der Waals surface area contributed by atoms with E-state index in [1.165, 1.54) is 5.56 Å². The zero-order valence-electron chi connectivity index (χ0n) is 14.7. The van der Waals surface area contributed by atoms with Crippen LogP contribution in [0.4, 0.5) is 5.69 Å². The number of para-hydroxylation sites is 1. The highest BCUT2D eigenvalue weighted by molar-refractivity contribution is 7.80. The number of benzene rings is 2. The Morgan fingerprint density at radius 2 is 1.84 bits per heavy atom. The molecule has 2 N–H and O–H groups in total. The van der Waals surface area contributed by atoms with Gasteiger partial charge in [0.1, 0.15) is 5.75 Å². The van der Waals surface area contributed by atoms with Crippen LogP contribution in [0.3, 0.4) is 0 Å². The monoisotopic (exact) mass is 353 g/mol. The Kier molecular flexibility index (Phi) is 7.16. The van der Waals surface area contributed by atoms with Gasteiger partial charge in [-0.25, -0.2) is 0 Å². The fourth-order valence-electron chi connectivity index (χ4n) is 2.20. The summed E-state index contributed by atoms with van der Waals surface area (Å²) in [5.41, 5.74) is 6.01. The number of nitrogens with one attached hydrogen (secondary N) is 2. The average molecular weight is 353 g/mol. The van der Waals surface area contributed by atoms with E-state index in [1.807, 2.05) is 48.6 Å². The molecule has 0 fully saturated rings. The Balaban J connectivity index is 1.83. The molecule has 4 nitrogen and oxygen atoms in total. The molecule has 2 aromatic carbocycles. The predicted octanol–water partition coefficient (Wildman–Crippen LogP) is 4.80. The van der Waals surface area contributed by atoms with Crippen molar-refractivity contribution in [2.75, 3.05) is 12.4 Å². The third-order valence-electron chi connectivity index (χ3n) is 3.58. The van der Waals surface area contributed by atoms with E-state index in [2.05, 4.69) is 41.8 Å². The number of allylic oxidation sites excluding steroid dienone is 1. The van der Waals surface area contributed by atoms with Crippen LogP contribution in [0, 0.1) is 0 Å². The molecule has 0 heterocycles. The summed E-state index contributed by atoms with van der Waals surface area (Å²) in [5.74, 6) is 1.33. The van der Waals surface area contributed by atoms with Crippen molar-refractivity contribution >= 4 is 35.3 Å². The summed E-state index contributed by atoms with van der Waals surface area (Å²) in [5, 5.41) is 7.62. The largest absolute Gasteiger partial charge is 0.496 e. The van der Waals surface area contributed by atoms with Gasteiger partial charge in [-0.2, -0.15) is 5.10 Å². The average Bonchev–Trinajstić information content (AvgIpc) is 2.62. The van der Waals surface area contributed by atoms with Crippen LogP contribution in [0.2, 0.25) is 0 Å². The predicted molar refractivity (Wildman–Crippen MR) is 110 cm³/mol. The van der Waals surface area contributed by atoms with Gasteiger partial charge in [-0.1, -0.05) is 44.2 Å². The van der Waals surface area contributed by atoms with Gasteiger partial charge >= 0.3 is 0 Å². The van der Waals surface area contributed by atoms with Crippen LogP contribution < -0.4 is 15.5 Å². The van der Waals surface area contributed by atoms with E-state index < -0.39 is 0 Å². The fourth-order valence-corrected chi connectivity index (χ4v) is 2.37. The Morgan fingerprint density at radius 1 is 1.12 bits per heavy atom. The summed E-state index contributed by atoms with van der Waals surface area (Å²) in [6, 6.07) is 16.0. The molecule has 0 aliphatic rings. The molecule has 0 atom stereocenters. The van der Waals surface area contributed by atoms with E-state index in [-0.39, 0.29) is 0 Å². The minimum Gasteiger partial charge on any atom is -0.496 e. The molecule has 0 aliphatic carbocycles. The summed E-state index contributed by atoms with van der Waals surface area (Å²) >= 11 is 5.22. The molecule has 5 heteroatoms. The van der Waals surface area contributed by atoms with Gasteiger partial charge in [-0.15, -0.1) is 0 Å².